The van der Waals surface area contributed by atoms with Crippen molar-refractivity contribution in [2.75, 3.05) is 13.2 Å². The van der Waals surface area contributed by atoms with Gasteiger partial charge in [0.1, 0.15) is 11.5 Å². The Kier molecular flexibility index (Phi) is 7.23. The lowest BCUT2D eigenvalue weighted by Gasteiger charge is -2.15. The third-order valence-electron chi connectivity index (χ3n) is 4.05. The van der Waals surface area contributed by atoms with Gasteiger partial charge in [-0.15, -0.1) is 0 Å². The molecule has 0 heterocycles. The first-order chi connectivity index (χ1) is 12.8. The molecule has 0 saturated carbocycles. The highest BCUT2D eigenvalue weighted by molar-refractivity contribution is 5.76. The molecule has 2 aromatic carbocycles. The Balaban J connectivity index is 1.79. The van der Waals surface area contributed by atoms with Gasteiger partial charge in [-0.2, -0.15) is 0 Å². The molecule has 2 aromatic rings. The number of carboxylic acids is 1. The van der Waals surface area contributed by atoms with Crippen LogP contribution in [0.5, 0.6) is 11.5 Å². The summed E-state index contributed by atoms with van der Waals surface area (Å²) in [6.07, 6.45) is 0.261. The van der Waals surface area contributed by atoms with Crippen molar-refractivity contribution in [1.29, 1.82) is 0 Å². The fourth-order valence-corrected chi connectivity index (χ4v) is 2.51. The van der Waals surface area contributed by atoms with Crippen LogP contribution in [0.1, 0.15) is 36.1 Å². The van der Waals surface area contributed by atoms with E-state index in [1.54, 1.807) is 24.3 Å². The number of amides is 1. The van der Waals surface area contributed by atoms with Crippen molar-refractivity contribution >= 4 is 11.9 Å². The molecule has 144 valence electrons. The first kappa shape index (κ1) is 20.3. The number of ether oxygens (including phenoxy) is 2. The van der Waals surface area contributed by atoms with Gasteiger partial charge in [0.2, 0.25) is 5.91 Å². The van der Waals surface area contributed by atoms with Crippen molar-refractivity contribution in [2.45, 2.75) is 33.2 Å². The highest BCUT2D eigenvalue weighted by Gasteiger charge is 2.10. The SMILES string of the molecule is Cc1ccc(C)c(OCCC(=O)NC(C)c2ccc(OCC(=O)O)cc2)c1. The number of nitrogens with one attached hydrogen (secondary N) is 1. The molecular weight excluding hydrogens is 346 g/mol. The second-order valence-electron chi connectivity index (χ2n) is 6.41. The highest BCUT2D eigenvalue weighted by atomic mass is 16.5. The lowest BCUT2D eigenvalue weighted by molar-refractivity contribution is -0.139. The van der Waals surface area contributed by atoms with Gasteiger partial charge in [-0.05, 0) is 55.7 Å². The van der Waals surface area contributed by atoms with Crippen LogP contribution in [0, 0.1) is 13.8 Å². The van der Waals surface area contributed by atoms with Gasteiger partial charge in [-0.1, -0.05) is 24.3 Å². The summed E-state index contributed by atoms with van der Waals surface area (Å²) >= 11 is 0. The zero-order valence-corrected chi connectivity index (χ0v) is 15.8. The van der Waals surface area contributed by atoms with E-state index in [0.717, 1.165) is 22.4 Å². The zero-order valence-electron chi connectivity index (χ0n) is 15.8. The zero-order chi connectivity index (χ0) is 19.8. The van der Waals surface area contributed by atoms with Crippen molar-refractivity contribution in [2.24, 2.45) is 0 Å². The molecule has 2 N–H and O–H groups in total. The molecule has 0 fully saturated rings. The molecule has 1 unspecified atom stereocenters. The molecule has 2 rings (SSSR count). The molecular formula is C21H25NO5. The summed E-state index contributed by atoms with van der Waals surface area (Å²) in [5.74, 6) is 0.149. The molecule has 0 spiro atoms. The van der Waals surface area contributed by atoms with Crippen LogP contribution in [0.25, 0.3) is 0 Å². The van der Waals surface area contributed by atoms with E-state index in [2.05, 4.69) is 5.32 Å². The highest BCUT2D eigenvalue weighted by Crippen LogP contribution is 2.20. The van der Waals surface area contributed by atoms with Crippen molar-refractivity contribution in [3.63, 3.8) is 0 Å². The Morgan fingerprint density at radius 1 is 1.07 bits per heavy atom. The fraction of sp³-hybridized carbons (Fsp3) is 0.333. The minimum atomic E-state index is -1.03. The van der Waals surface area contributed by atoms with E-state index in [1.165, 1.54) is 0 Å². The molecule has 6 heteroatoms. The molecule has 1 amide bonds. The molecule has 1 atom stereocenters. The predicted molar refractivity (Wildman–Crippen MR) is 102 cm³/mol. The van der Waals surface area contributed by atoms with E-state index >= 15 is 0 Å². The van der Waals surface area contributed by atoms with Gasteiger partial charge < -0.3 is 19.9 Å². The van der Waals surface area contributed by atoms with Crippen molar-refractivity contribution < 1.29 is 24.2 Å². The van der Waals surface area contributed by atoms with Gasteiger partial charge in [-0.25, -0.2) is 4.79 Å². The van der Waals surface area contributed by atoms with Crippen LogP contribution >= 0.6 is 0 Å². The van der Waals surface area contributed by atoms with Gasteiger partial charge >= 0.3 is 5.97 Å². The molecule has 0 saturated heterocycles. The minimum Gasteiger partial charge on any atom is -0.493 e. The van der Waals surface area contributed by atoms with Gasteiger partial charge in [0.05, 0.1) is 19.1 Å². The first-order valence-electron chi connectivity index (χ1n) is 8.79. The van der Waals surface area contributed by atoms with Crippen molar-refractivity contribution in [1.82, 2.24) is 5.32 Å². The maximum atomic E-state index is 12.1. The lowest BCUT2D eigenvalue weighted by Crippen LogP contribution is -2.27. The minimum absolute atomic E-state index is 0.0981. The average Bonchev–Trinajstić information content (AvgIpc) is 2.63. The van der Waals surface area contributed by atoms with Crippen LogP contribution in [-0.2, 0) is 9.59 Å². The van der Waals surface area contributed by atoms with Gasteiger partial charge in [0.15, 0.2) is 6.61 Å². The molecule has 0 aliphatic rings. The Morgan fingerprint density at radius 2 is 1.78 bits per heavy atom. The number of carbonyl (C=O) groups is 2. The number of benzene rings is 2. The summed E-state index contributed by atoms with van der Waals surface area (Å²) in [5, 5.41) is 11.5. The van der Waals surface area contributed by atoms with Crippen molar-refractivity contribution in [3.05, 3.63) is 59.2 Å². The second kappa shape index (κ2) is 9.62. The third kappa shape index (κ3) is 6.66. The number of rotatable bonds is 9. The Hall–Kier alpha value is -3.02. The van der Waals surface area contributed by atoms with Gasteiger partial charge in [0.25, 0.3) is 0 Å². The van der Waals surface area contributed by atoms with Gasteiger partial charge in [0, 0.05) is 0 Å². The van der Waals surface area contributed by atoms with Crippen LogP contribution in [0.4, 0.5) is 0 Å². The fourth-order valence-electron chi connectivity index (χ4n) is 2.51. The standard InChI is InChI=1S/C21H25NO5/c1-14-4-5-15(2)19(12-14)26-11-10-20(23)22-16(3)17-6-8-18(9-7-17)27-13-21(24)25/h4-9,12,16H,10-11,13H2,1-3H3,(H,22,23)(H,24,25). The molecule has 0 aliphatic heterocycles. The number of hydrogen-bond acceptors (Lipinski definition) is 4. The van der Waals surface area contributed by atoms with E-state index in [0.29, 0.717) is 12.4 Å². The Bertz CT molecular complexity index is 786. The predicted octanol–water partition coefficient (Wildman–Crippen LogP) is 3.41. The summed E-state index contributed by atoms with van der Waals surface area (Å²) in [7, 11) is 0. The molecule has 0 aliphatic carbocycles. The largest absolute Gasteiger partial charge is 0.493 e. The molecule has 0 aromatic heterocycles. The maximum Gasteiger partial charge on any atom is 0.341 e. The monoisotopic (exact) mass is 371 g/mol. The van der Waals surface area contributed by atoms with Gasteiger partial charge in [-0.3, -0.25) is 4.79 Å². The first-order valence-corrected chi connectivity index (χ1v) is 8.79. The van der Waals surface area contributed by atoms with E-state index in [9.17, 15) is 9.59 Å². The van der Waals surface area contributed by atoms with E-state index in [-0.39, 0.29) is 25.0 Å². The third-order valence-corrected chi connectivity index (χ3v) is 4.05. The topological polar surface area (TPSA) is 84.9 Å². The van der Waals surface area contributed by atoms with E-state index in [1.807, 2.05) is 39.0 Å². The average molecular weight is 371 g/mol. The quantitative estimate of drug-likeness (QED) is 0.706. The Morgan fingerprint density at radius 3 is 2.44 bits per heavy atom. The smallest absolute Gasteiger partial charge is 0.341 e. The summed E-state index contributed by atoms with van der Waals surface area (Å²) in [6.45, 7) is 5.78. The van der Waals surface area contributed by atoms with E-state index < -0.39 is 5.97 Å². The number of hydrogen-bond donors (Lipinski definition) is 2. The maximum absolute atomic E-state index is 12.1. The number of aliphatic carboxylic acids is 1. The molecule has 27 heavy (non-hydrogen) atoms. The Labute approximate surface area is 159 Å². The summed E-state index contributed by atoms with van der Waals surface area (Å²) in [5.41, 5.74) is 3.06. The molecule has 0 radical (unpaired) electrons. The normalized spacial score (nSPS) is 11.5. The van der Waals surface area contributed by atoms with E-state index in [4.69, 9.17) is 14.6 Å². The van der Waals surface area contributed by atoms with Crippen LogP contribution in [0.15, 0.2) is 42.5 Å². The second-order valence-corrected chi connectivity index (χ2v) is 6.41. The summed E-state index contributed by atoms with van der Waals surface area (Å²) in [4.78, 5) is 22.6. The van der Waals surface area contributed by atoms with Crippen LogP contribution in [-0.4, -0.2) is 30.2 Å². The number of aryl methyl sites for hydroxylation is 2. The van der Waals surface area contributed by atoms with Crippen LogP contribution in [0.2, 0.25) is 0 Å². The lowest BCUT2D eigenvalue weighted by atomic mass is 10.1. The molecule has 0 bridgehead atoms. The number of carboxylic acid groups (broad SMARTS) is 1. The molecule has 6 nitrogen and oxygen atoms in total. The van der Waals surface area contributed by atoms with Crippen LogP contribution in [0.3, 0.4) is 0 Å². The summed E-state index contributed by atoms with van der Waals surface area (Å²) < 4.78 is 10.8. The number of carbonyl (C=O) groups excluding carboxylic acids is 1. The van der Waals surface area contributed by atoms with Crippen molar-refractivity contribution in [3.8, 4) is 11.5 Å². The van der Waals surface area contributed by atoms with Crippen LogP contribution < -0.4 is 14.8 Å². The summed E-state index contributed by atoms with van der Waals surface area (Å²) in [6, 6.07) is 12.8.